The first-order chi connectivity index (χ1) is 8.48. The summed E-state index contributed by atoms with van der Waals surface area (Å²) in [5.41, 5.74) is 0.411. The van der Waals surface area contributed by atoms with Crippen LogP contribution in [0.3, 0.4) is 0 Å². The van der Waals surface area contributed by atoms with Gasteiger partial charge in [0, 0.05) is 12.7 Å². The lowest BCUT2D eigenvalue weighted by molar-refractivity contribution is 0.0947. The summed E-state index contributed by atoms with van der Waals surface area (Å²) in [6.45, 7) is 0.377. The van der Waals surface area contributed by atoms with Crippen molar-refractivity contribution in [2.75, 3.05) is 18.1 Å². The maximum absolute atomic E-state index is 11.8. The molecule has 1 aromatic rings. The van der Waals surface area contributed by atoms with Crippen molar-refractivity contribution in [1.82, 2.24) is 10.3 Å². The van der Waals surface area contributed by atoms with Gasteiger partial charge < -0.3 is 10.3 Å². The van der Waals surface area contributed by atoms with Gasteiger partial charge in [-0.15, -0.1) is 0 Å². The van der Waals surface area contributed by atoms with Gasteiger partial charge in [-0.3, -0.25) is 4.79 Å². The molecule has 0 saturated carbocycles. The highest BCUT2D eigenvalue weighted by molar-refractivity contribution is 7.91. The third-order valence-corrected chi connectivity index (χ3v) is 5.12. The average molecular weight is 286 g/mol. The highest BCUT2D eigenvalue weighted by Crippen LogP contribution is 2.17. The minimum atomic E-state index is -2.89. The van der Waals surface area contributed by atoms with E-state index in [4.69, 9.17) is 12.2 Å². The number of hydrogen-bond acceptors (Lipinski definition) is 4. The van der Waals surface area contributed by atoms with Crippen LogP contribution in [0, 0.1) is 10.6 Å². The van der Waals surface area contributed by atoms with Crippen LogP contribution in [0.5, 0.6) is 0 Å². The number of pyridine rings is 1. The molecule has 1 amide bonds. The molecule has 1 saturated heterocycles. The van der Waals surface area contributed by atoms with Gasteiger partial charge in [0.05, 0.1) is 17.1 Å². The van der Waals surface area contributed by atoms with Crippen LogP contribution in [0.25, 0.3) is 0 Å². The molecule has 0 bridgehead atoms. The molecule has 2 N–H and O–H groups in total. The summed E-state index contributed by atoms with van der Waals surface area (Å²) in [4.78, 5) is 14.6. The molecule has 7 heteroatoms. The third kappa shape index (κ3) is 3.17. The quantitative estimate of drug-likeness (QED) is 0.810. The van der Waals surface area contributed by atoms with Crippen molar-refractivity contribution in [1.29, 1.82) is 0 Å². The second-order valence-electron chi connectivity index (χ2n) is 4.39. The van der Waals surface area contributed by atoms with Crippen molar-refractivity contribution < 1.29 is 13.2 Å². The molecular formula is C11H14N2O3S2. The highest BCUT2D eigenvalue weighted by Gasteiger charge is 2.28. The highest BCUT2D eigenvalue weighted by atomic mass is 32.2. The molecule has 0 spiro atoms. The number of nitrogens with one attached hydrogen (secondary N) is 2. The molecule has 18 heavy (non-hydrogen) atoms. The maximum atomic E-state index is 11.8. The normalized spacial score (nSPS) is 21.7. The van der Waals surface area contributed by atoms with Gasteiger partial charge >= 0.3 is 0 Å². The summed E-state index contributed by atoms with van der Waals surface area (Å²) in [6.07, 6.45) is 2.27. The number of aromatic amines is 1. The van der Waals surface area contributed by atoms with Crippen LogP contribution >= 0.6 is 12.2 Å². The maximum Gasteiger partial charge on any atom is 0.254 e. The number of H-pyrrole nitrogens is 1. The van der Waals surface area contributed by atoms with E-state index in [0.717, 1.165) is 0 Å². The zero-order chi connectivity index (χ0) is 13.2. The Morgan fingerprint density at radius 1 is 1.56 bits per heavy atom. The fourth-order valence-corrected chi connectivity index (χ4v) is 4.06. The van der Waals surface area contributed by atoms with E-state index in [1.165, 1.54) is 0 Å². The molecule has 0 aliphatic carbocycles. The van der Waals surface area contributed by atoms with Crippen LogP contribution in [0.4, 0.5) is 0 Å². The number of hydrogen-bond donors (Lipinski definition) is 2. The molecule has 0 aromatic carbocycles. The van der Waals surface area contributed by atoms with Gasteiger partial charge in [0.15, 0.2) is 9.84 Å². The molecule has 1 aromatic heterocycles. The molecular weight excluding hydrogens is 272 g/mol. The van der Waals surface area contributed by atoms with Crippen molar-refractivity contribution in [3.63, 3.8) is 0 Å². The molecule has 98 valence electrons. The van der Waals surface area contributed by atoms with Gasteiger partial charge in [-0.05, 0) is 24.5 Å². The second kappa shape index (κ2) is 5.19. The van der Waals surface area contributed by atoms with Crippen LogP contribution in [0.1, 0.15) is 16.8 Å². The Labute approximate surface area is 111 Å². The summed E-state index contributed by atoms with van der Waals surface area (Å²) >= 11 is 5.00. The smallest absolute Gasteiger partial charge is 0.254 e. The zero-order valence-corrected chi connectivity index (χ0v) is 11.3. The van der Waals surface area contributed by atoms with Gasteiger partial charge in [0.2, 0.25) is 0 Å². The Kier molecular flexibility index (Phi) is 3.82. The Balaban J connectivity index is 1.94. The van der Waals surface area contributed by atoms with Crippen LogP contribution in [0.15, 0.2) is 18.3 Å². The summed E-state index contributed by atoms with van der Waals surface area (Å²) in [5, 5.41) is 2.73. The molecule has 2 heterocycles. The van der Waals surface area contributed by atoms with Gasteiger partial charge in [-0.2, -0.15) is 0 Å². The lowest BCUT2D eigenvalue weighted by atomic mass is 10.1. The fraction of sp³-hybridized carbons (Fsp3) is 0.455. The van der Waals surface area contributed by atoms with E-state index in [1.807, 2.05) is 0 Å². The van der Waals surface area contributed by atoms with E-state index in [9.17, 15) is 13.2 Å². The van der Waals surface area contributed by atoms with Crippen molar-refractivity contribution >= 4 is 28.0 Å². The minimum absolute atomic E-state index is 0.0141. The first kappa shape index (κ1) is 13.2. The molecule has 0 unspecified atom stereocenters. The summed E-state index contributed by atoms with van der Waals surface area (Å²) in [7, 11) is -2.89. The van der Waals surface area contributed by atoms with Crippen LogP contribution in [0.2, 0.25) is 0 Å². The van der Waals surface area contributed by atoms with Crippen LogP contribution < -0.4 is 5.32 Å². The SMILES string of the molecule is O=C(NC[C@@H]1CCS(=O)(=O)C1)c1ccc[nH]c1=S. The van der Waals surface area contributed by atoms with E-state index in [1.54, 1.807) is 18.3 Å². The Hall–Kier alpha value is -1.21. The van der Waals surface area contributed by atoms with Gasteiger partial charge in [-0.25, -0.2) is 8.42 Å². The molecule has 1 atom stereocenters. The van der Waals surface area contributed by atoms with Crippen molar-refractivity contribution in [2.45, 2.75) is 6.42 Å². The Bertz CT molecular complexity index is 607. The minimum Gasteiger partial charge on any atom is -0.352 e. The van der Waals surface area contributed by atoms with E-state index in [2.05, 4.69) is 10.3 Å². The summed E-state index contributed by atoms with van der Waals surface area (Å²) < 4.78 is 22.9. The van der Waals surface area contributed by atoms with E-state index < -0.39 is 9.84 Å². The first-order valence-corrected chi connectivity index (χ1v) is 7.87. The van der Waals surface area contributed by atoms with Gasteiger partial charge in [-0.1, -0.05) is 12.2 Å². The monoisotopic (exact) mass is 286 g/mol. The lowest BCUT2D eigenvalue weighted by Gasteiger charge is -2.09. The Morgan fingerprint density at radius 3 is 2.94 bits per heavy atom. The number of carbonyl (C=O) groups is 1. The van der Waals surface area contributed by atoms with Crippen LogP contribution in [-0.4, -0.2) is 37.4 Å². The summed E-state index contributed by atoms with van der Waals surface area (Å²) in [6, 6.07) is 3.34. The number of carbonyl (C=O) groups excluding carboxylic acids is 1. The lowest BCUT2D eigenvalue weighted by Crippen LogP contribution is -2.30. The largest absolute Gasteiger partial charge is 0.352 e. The van der Waals surface area contributed by atoms with Crippen LogP contribution in [-0.2, 0) is 9.84 Å². The number of aromatic nitrogens is 1. The predicted octanol–water partition coefficient (Wildman–Crippen LogP) is 0.909. The van der Waals surface area contributed by atoms with Gasteiger partial charge in [0.25, 0.3) is 5.91 Å². The standard InChI is InChI=1S/C11H14N2O3S2/c14-10(9-2-1-4-12-11(9)17)13-6-8-3-5-18(15,16)7-8/h1-2,4,8H,3,5-7H2,(H,12,17)(H,13,14)/t8-/m0/s1. The van der Waals surface area contributed by atoms with E-state index >= 15 is 0 Å². The fourth-order valence-electron chi connectivity index (χ4n) is 1.97. The first-order valence-electron chi connectivity index (χ1n) is 5.64. The number of rotatable bonds is 3. The van der Waals surface area contributed by atoms with Crippen molar-refractivity contribution in [3.8, 4) is 0 Å². The molecule has 5 nitrogen and oxygen atoms in total. The van der Waals surface area contributed by atoms with E-state index in [-0.39, 0.29) is 23.3 Å². The summed E-state index contributed by atoms with van der Waals surface area (Å²) in [5.74, 6) is 0.134. The molecule has 1 fully saturated rings. The molecule has 2 rings (SSSR count). The molecule has 1 aliphatic rings. The molecule has 0 radical (unpaired) electrons. The van der Waals surface area contributed by atoms with E-state index in [0.29, 0.717) is 23.2 Å². The van der Waals surface area contributed by atoms with Gasteiger partial charge in [0.1, 0.15) is 4.64 Å². The predicted molar refractivity (Wildman–Crippen MR) is 70.7 cm³/mol. The zero-order valence-electron chi connectivity index (χ0n) is 9.68. The number of amides is 1. The average Bonchev–Trinajstić information content (AvgIpc) is 2.66. The topological polar surface area (TPSA) is 79.0 Å². The van der Waals surface area contributed by atoms with Crippen molar-refractivity contribution in [2.24, 2.45) is 5.92 Å². The van der Waals surface area contributed by atoms with Crippen molar-refractivity contribution in [3.05, 3.63) is 28.5 Å². The molecule has 1 aliphatic heterocycles. The third-order valence-electron chi connectivity index (χ3n) is 2.94. The number of sulfone groups is 1. The Morgan fingerprint density at radius 2 is 2.33 bits per heavy atom. The second-order valence-corrected chi connectivity index (χ2v) is 7.03.